The Kier molecular flexibility index (Phi) is 5.05. The highest BCUT2D eigenvalue weighted by Gasteiger charge is 2.07. The highest BCUT2D eigenvalue weighted by molar-refractivity contribution is 7.99. The third kappa shape index (κ3) is 4.11. The lowest BCUT2D eigenvalue weighted by Gasteiger charge is -2.12. The molecule has 2 aromatic rings. The summed E-state index contributed by atoms with van der Waals surface area (Å²) < 4.78 is 2.06. The molecule has 3 nitrogen and oxygen atoms in total. The van der Waals surface area contributed by atoms with Crippen LogP contribution < -0.4 is 5.73 Å². The molecule has 0 saturated carbocycles. The highest BCUT2D eigenvalue weighted by Crippen LogP contribution is 2.22. The standard InChI is InChI=1S/C15H21N3S/c1-12-5-3-4-6-14(12)19-11-13(16)7-8-15-17-9-10-18(15)2/h3-6,9-10,13H,7-8,11,16H2,1-2H3. The molecule has 4 heteroatoms. The lowest BCUT2D eigenvalue weighted by Crippen LogP contribution is -2.24. The SMILES string of the molecule is Cc1ccccc1SCC(N)CCc1nccn1C. The summed E-state index contributed by atoms with van der Waals surface area (Å²) in [6, 6.07) is 8.66. The first-order valence-electron chi connectivity index (χ1n) is 6.57. The van der Waals surface area contributed by atoms with E-state index in [-0.39, 0.29) is 6.04 Å². The number of thioether (sulfide) groups is 1. The summed E-state index contributed by atoms with van der Waals surface area (Å²) in [5, 5.41) is 0. The maximum Gasteiger partial charge on any atom is 0.108 e. The molecule has 0 aliphatic heterocycles. The predicted molar refractivity (Wildman–Crippen MR) is 81.4 cm³/mol. The van der Waals surface area contributed by atoms with Gasteiger partial charge in [-0.1, -0.05) is 18.2 Å². The van der Waals surface area contributed by atoms with E-state index in [1.54, 1.807) is 0 Å². The molecule has 1 unspecified atom stereocenters. The van der Waals surface area contributed by atoms with Gasteiger partial charge in [-0.05, 0) is 25.0 Å². The van der Waals surface area contributed by atoms with Crippen LogP contribution in [-0.2, 0) is 13.5 Å². The monoisotopic (exact) mass is 275 g/mol. The second-order valence-electron chi connectivity index (χ2n) is 4.83. The number of aryl methyl sites for hydroxylation is 3. The Labute approximate surface area is 119 Å². The fourth-order valence-corrected chi connectivity index (χ4v) is 2.98. The molecule has 0 aliphatic carbocycles. The first kappa shape index (κ1) is 14.2. The summed E-state index contributed by atoms with van der Waals surface area (Å²) in [7, 11) is 2.02. The van der Waals surface area contributed by atoms with Crippen LogP contribution in [0.1, 0.15) is 17.8 Å². The van der Waals surface area contributed by atoms with E-state index >= 15 is 0 Å². The van der Waals surface area contributed by atoms with Gasteiger partial charge in [0.25, 0.3) is 0 Å². The van der Waals surface area contributed by atoms with Crippen molar-refractivity contribution in [2.45, 2.75) is 30.7 Å². The van der Waals surface area contributed by atoms with Crippen LogP contribution in [-0.4, -0.2) is 21.3 Å². The molecule has 0 aliphatic rings. The molecule has 0 radical (unpaired) electrons. The number of aromatic nitrogens is 2. The molecule has 102 valence electrons. The van der Waals surface area contributed by atoms with Crippen LogP contribution in [0.4, 0.5) is 0 Å². The Morgan fingerprint density at radius 1 is 1.37 bits per heavy atom. The zero-order chi connectivity index (χ0) is 13.7. The molecular weight excluding hydrogens is 254 g/mol. The third-order valence-electron chi connectivity index (χ3n) is 3.21. The Bertz CT molecular complexity index is 522. The quantitative estimate of drug-likeness (QED) is 0.824. The van der Waals surface area contributed by atoms with E-state index in [0.29, 0.717) is 0 Å². The third-order valence-corrected chi connectivity index (χ3v) is 4.57. The van der Waals surface area contributed by atoms with Crippen LogP contribution in [0.15, 0.2) is 41.6 Å². The summed E-state index contributed by atoms with van der Waals surface area (Å²) in [6.07, 6.45) is 5.73. The van der Waals surface area contributed by atoms with Crippen LogP contribution in [0, 0.1) is 6.92 Å². The molecule has 0 bridgehead atoms. The molecule has 1 heterocycles. The van der Waals surface area contributed by atoms with E-state index in [1.807, 2.05) is 31.2 Å². The van der Waals surface area contributed by atoms with Gasteiger partial charge in [0, 0.05) is 42.6 Å². The Morgan fingerprint density at radius 2 is 2.16 bits per heavy atom. The molecule has 1 aromatic heterocycles. The number of rotatable bonds is 6. The summed E-state index contributed by atoms with van der Waals surface area (Å²) in [5.41, 5.74) is 7.50. The zero-order valence-electron chi connectivity index (χ0n) is 11.5. The van der Waals surface area contributed by atoms with Gasteiger partial charge in [0.05, 0.1) is 0 Å². The average Bonchev–Trinajstić information content (AvgIpc) is 2.81. The number of benzene rings is 1. The van der Waals surface area contributed by atoms with Crippen LogP contribution in [0.5, 0.6) is 0 Å². The van der Waals surface area contributed by atoms with Crippen molar-refractivity contribution in [3.05, 3.63) is 48.0 Å². The Morgan fingerprint density at radius 3 is 2.84 bits per heavy atom. The lowest BCUT2D eigenvalue weighted by molar-refractivity contribution is 0.639. The maximum absolute atomic E-state index is 6.18. The minimum Gasteiger partial charge on any atom is -0.338 e. The first-order valence-corrected chi connectivity index (χ1v) is 7.55. The van der Waals surface area contributed by atoms with E-state index < -0.39 is 0 Å². The Balaban J connectivity index is 1.77. The van der Waals surface area contributed by atoms with Gasteiger partial charge in [-0.2, -0.15) is 0 Å². The highest BCUT2D eigenvalue weighted by atomic mass is 32.2. The van der Waals surface area contributed by atoms with E-state index in [1.165, 1.54) is 10.5 Å². The molecule has 2 N–H and O–H groups in total. The number of hydrogen-bond acceptors (Lipinski definition) is 3. The van der Waals surface area contributed by atoms with E-state index in [9.17, 15) is 0 Å². The van der Waals surface area contributed by atoms with Gasteiger partial charge in [0.2, 0.25) is 0 Å². The zero-order valence-corrected chi connectivity index (χ0v) is 12.4. The topological polar surface area (TPSA) is 43.8 Å². The van der Waals surface area contributed by atoms with Crippen LogP contribution >= 0.6 is 11.8 Å². The summed E-state index contributed by atoms with van der Waals surface area (Å²) in [6.45, 7) is 2.14. The second kappa shape index (κ2) is 6.78. The molecule has 0 spiro atoms. The van der Waals surface area contributed by atoms with Crippen LogP contribution in [0.2, 0.25) is 0 Å². The molecule has 19 heavy (non-hydrogen) atoms. The van der Waals surface area contributed by atoms with Crippen molar-refractivity contribution in [1.82, 2.24) is 9.55 Å². The Hall–Kier alpha value is -1.26. The van der Waals surface area contributed by atoms with Gasteiger partial charge < -0.3 is 10.3 Å². The van der Waals surface area contributed by atoms with Crippen LogP contribution in [0.25, 0.3) is 0 Å². The molecule has 2 rings (SSSR count). The molecule has 1 aromatic carbocycles. The van der Waals surface area contributed by atoms with Crippen LogP contribution in [0.3, 0.4) is 0 Å². The molecular formula is C15H21N3S. The minimum absolute atomic E-state index is 0.210. The second-order valence-corrected chi connectivity index (χ2v) is 5.89. The van der Waals surface area contributed by atoms with Crippen molar-refractivity contribution in [3.8, 4) is 0 Å². The summed E-state index contributed by atoms with van der Waals surface area (Å²) in [4.78, 5) is 5.65. The number of hydrogen-bond donors (Lipinski definition) is 1. The van der Waals surface area contributed by atoms with Crippen molar-refractivity contribution in [2.24, 2.45) is 12.8 Å². The van der Waals surface area contributed by atoms with Gasteiger partial charge >= 0.3 is 0 Å². The van der Waals surface area contributed by atoms with Crippen molar-refractivity contribution >= 4 is 11.8 Å². The van der Waals surface area contributed by atoms with Gasteiger partial charge in [-0.3, -0.25) is 0 Å². The molecule has 0 saturated heterocycles. The van der Waals surface area contributed by atoms with Gasteiger partial charge in [0.1, 0.15) is 5.82 Å². The molecule has 0 amide bonds. The average molecular weight is 275 g/mol. The van der Waals surface area contributed by atoms with Crippen molar-refractivity contribution < 1.29 is 0 Å². The molecule has 1 atom stereocenters. The minimum atomic E-state index is 0.210. The summed E-state index contributed by atoms with van der Waals surface area (Å²) >= 11 is 1.84. The maximum atomic E-state index is 6.18. The fourth-order valence-electron chi connectivity index (χ4n) is 1.95. The lowest BCUT2D eigenvalue weighted by atomic mass is 10.2. The van der Waals surface area contributed by atoms with Crippen molar-refractivity contribution in [3.63, 3.8) is 0 Å². The van der Waals surface area contributed by atoms with Gasteiger partial charge in [-0.15, -0.1) is 11.8 Å². The van der Waals surface area contributed by atoms with E-state index in [0.717, 1.165) is 24.4 Å². The predicted octanol–water partition coefficient (Wildman–Crippen LogP) is 2.78. The summed E-state index contributed by atoms with van der Waals surface area (Å²) in [5.74, 6) is 2.06. The number of imidazole rings is 1. The van der Waals surface area contributed by atoms with E-state index in [2.05, 4.69) is 40.7 Å². The van der Waals surface area contributed by atoms with E-state index in [4.69, 9.17) is 5.73 Å². The van der Waals surface area contributed by atoms with Crippen molar-refractivity contribution in [2.75, 3.05) is 5.75 Å². The van der Waals surface area contributed by atoms with Gasteiger partial charge in [-0.25, -0.2) is 4.98 Å². The number of nitrogens with two attached hydrogens (primary N) is 1. The first-order chi connectivity index (χ1) is 9.16. The number of nitrogens with zero attached hydrogens (tertiary/aromatic N) is 2. The normalized spacial score (nSPS) is 12.6. The van der Waals surface area contributed by atoms with Crippen molar-refractivity contribution in [1.29, 1.82) is 0 Å². The largest absolute Gasteiger partial charge is 0.338 e. The van der Waals surface area contributed by atoms with Gasteiger partial charge in [0.15, 0.2) is 0 Å². The fraction of sp³-hybridized carbons (Fsp3) is 0.400. The smallest absolute Gasteiger partial charge is 0.108 e. The molecule has 0 fully saturated rings.